The maximum atomic E-state index is 14.6. The van der Waals surface area contributed by atoms with E-state index in [1.807, 2.05) is 6.92 Å². The third-order valence-corrected chi connectivity index (χ3v) is 4.90. The second kappa shape index (κ2) is 9.54. The normalized spacial score (nSPS) is 18.1. The Bertz CT molecular complexity index is 954. The summed E-state index contributed by atoms with van der Waals surface area (Å²) in [5.41, 5.74) is 0.254. The Kier molecular flexibility index (Phi) is 6.84. The molecule has 1 atom stereocenters. The van der Waals surface area contributed by atoms with Crippen molar-refractivity contribution in [2.24, 2.45) is 0 Å². The second-order valence-corrected chi connectivity index (χ2v) is 6.96. The van der Waals surface area contributed by atoms with Crippen molar-refractivity contribution in [2.45, 2.75) is 25.8 Å². The zero-order valence-corrected chi connectivity index (χ0v) is 16.7. The third-order valence-electron chi connectivity index (χ3n) is 4.90. The Morgan fingerprint density at radius 3 is 2.47 bits per heavy atom. The van der Waals surface area contributed by atoms with E-state index < -0.39 is 23.5 Å². The van der Waals surface area contributed by atoms with Gasteiger partial charge in [-0.3, -0.25) is 9.59 Å². The number of amides is 1. The number of carbonyl (C=O) groups is 2. The number of aliphatic hydroxyl groups is 2. The quantitative estimate of drug-likeness (QED) is 0.393. The average molecular weight is 413 g/mol. The van der Waals surface area contributed by atoms with Crippen LogP contribution >= 0.6 is 0 Å². The Hall–Kier alpha value is -3.19. The van der Waals surface area contributed by atoms with E-state index in [0.29, 0.717) is 17.9 Å². The molecule has 1 aliphatic rings. The molecule has 2 N–H and O–H groups in total. The van der Waals surface area contributed by atoms with Gasteiger partial charge in [0.25, 0.3) is 11.7 Å². The number of carbonyl (C=O) groups excluding carboxylic acids is 2. The summed E-state index contributed by atoms with van der Waals surface area (Å²) in [6.45, 7) is 2.40. The van der Waals surface area contributed by atoms with Crippen molar-refractivity contribution in [3.8, 4) is 5.75 Å². The molecular weight excluding hydrogens is 389 g/mol. The van der Waals surface area contributed by atoms with E-state index in [2.05, 4.69) is 0 Å². The minimum absolute atomic E-state index is 0.0562. The Morgan fingerprint density at radius 2 is 1.83 bits per heavy atom. The first kappa shape index (κ1) is 21.5. The van der Waals surface area contributed by atoms with E-state index >= 15 is 0 Å². The smallest absolute Gasteiger partial charge is 0.295 e. The molecule has 2 aromatic rings. The van der Waals surface area contributed by atoms with Gasteiger partial charge in [0.15, 0.2) is 0 Å². The molecule has 1 unspecified atom stereocenters. The number of hydrogen-bond acceptors (Lipinski definition) is 5. The average Bonchev–Trinajstić information content (AvgIpc) is 3.01. The van der Waals surface area contributed by atoms with Crippen LogP contribution in [0.25, 0.3) is 5.76 Å². The maximum absolute atomic E-state index is 14.6. The van der Waals surface area contributed by atoms with Crippen LogP contribution in [0.1, 0.15) is 36.9 Å². The topological polar surface area (TPSA) is 87.1 Å². The molecule has 0 bridgehead atoms. The van der Waals surface area contributed by atoms with Gasteiger partial charge >= 0.3 is 0 Å². The highest BCUT2D eigenvalue weighted by molar-refractivity contribution is 6.46. The van der Waals surface area contributed by atoms with Gasteiger partial charge < -0.3 is 19.8 Å². The van der Waals surface area contributed by atoms with Gasteiger partial charge in [-0.05, 0) is 43.2 Å². The van der Waals surface area contributed by atoms with E-state index in [0.717, 1.165) is 6.42 Å². The van der Waals surface area contributed by atoms with E-state index in [9.17, 15) is 19.1 Å². The van der Waals surface area contributed by atoms with Crippen LogP contribution in [-0.2, 0) is 9.59 Å². The summed E-state index contributed by atoms with van der Waals surface area (Å²) < 4.78 is 20.1. The monoisotopic (exact) mass is 413 g/mol. The summed E-state index contributed by atoms with van der Waals surface area (Å²) in [7, 11) is 0. The number of aliphatic hydroxyl groups excluding tert-OH is 2. The standard InChI is InChI=1S/C23H24FNO5/c1-2-14-30-16-10-8-15(9-11-16)21(27)19-20(17-6-3-4-7-18(17)24)25(12-5-13-26)23(29)22(19)28/h3-4,6-11,20,26-27H,2,5,12-14H2,1H3. The summed E-state index contributed by atoms with van der Waals surface area (Å²) in [5.74, 6) is -2.07. The molecule has 1 aliphatic heterocycles. The van der Waals surface area contributed by atoms with Crippen LogP contribution in [0, 0.1) is 5.82 Å². The number of ether oxygens (including phenoxy) is 1. The van der Waals surface area contributed by atoms with Crippen LogP contribution in [0.2, 0.25) is 0 Å². The molecule has 30 heavy (non-hydrogen) atoms. The minimum atomic E-state index is -1.08. The lowest BCUT2D eigenvalue weighted by Crippen LogP contribution is -2.31. The summed E-state index contributed by atoms with van der Waals surface area (Å²) in [5, 5.41) is 20.1. The Labute approximate surface area is 174 Å². The van der Waals surface area contributed by atoms with Crippen LogP contribution in [0.4, 0.5) is 4.39 Å². The number of likely N-dealkylation sites (tertiary alicyclic amines) is 1. The summed E-state index contributed by atoms with van der Waals surface area (Å²) >= 11 is 0. The van der Waals surface area contributed by atoms with E-state index in [4.69, 9.17) is 9.84 Å². The van der Waals surface area contributed by atoms with Crippen LogP contribution < -0.4 is 4.74 Å². The summed E-state index contributed by atoms with van der Waals surface area (Å²) in [4.78, 5) is 26.6. The fourth-order valence-corrected chi connectivity index (χ4v) is 3.46. The molecule has 0 aliphatic carbocycles. The molecule has 0 aromatic heterocycles. The van der Waals surface area contributed by atoms with Crippen molar-refractivity contribution in [2.75, 3.05) is 19.8 Å². The van der Waals surface area contributed by atoms with Gasteiger partial charge in [0, 0.05) is 24.3 Å². The predicted molar refractivity (Wildman–Crippen MR) is 109 cm³/mol. The molecule has 7 heteroatoms. The predicted octanol–water partition coefficient (Wildman–Crippen LogP) is 3.42. The molecule has 1 heterocycles. The highest BCUT2D eigenvalue weighted by atomic mass is 19.1. The zero-order valence-electron chi connectivity index (χ0n) is 16.7. The third kappa shape index (κ3) is 4.21. The van der Waals surface area contributed by atoms with Crippen molar-refractivity contribution < 1.29 is 28.9 Å². The Balaban J connectivity index is 2.08. The lowest BCUT2D eigenvalue weighted by Gasteiger charge is -2.25. The van der Waals surface area contributed by atoms with Crippen molar-refractivity contribution in [1.82, 2.24) is 4.90 Å². The van der Waals surface area contributed by atoms with Gasteiger partial charge in [0.1, 0.15) is 17.3 Å². The first-order valence-electron chi connectivity index (χ1n) is 9.86. The number of hydrogen-bond donors (Lipinski definition) is 2. The lowest BCUT2D eigenvalue weighted by molar-refractivity contribution is -0.140. The van der Waals surface area contributed by atoms with Crippen molar-refractivity contribution >= 4 is 17.4 Å². The highest BCUT2D eigenvalue weighted by Gasteiger charge is 2.46. The first-order valence-corrected chi connectivity index (χ1v) is 9.86. The number of halogens is 1. The van der Waals surface area contributed by atoms with Gasteiger partial charge in [0.2, 0.25) is 0 Å². The number of ketones is 1. The van der Waals surface area contributed by atoms with Crippen LogP contribution in [0.3, 0.4) is 0 Å². The van der Waals surface area contributed by atoms with Crippen LogP contribution in [-0.4, -0.2) is 46.6 Å². The van der Waals surface area contributed by atoms with Crippen molar-refractivity contribution in [3.05, 3.63) is 71.0 Å². The number of benzene rings is 2. The van der Waals surface area contributed by atoms with Gasteiger partial charge in [0.05, 0.1) is 18.2 Å². The van der Waals surface area contributed by atoms with Gasteiger partial charge in [-0.25, -0.2) is 4.39 Å². The number of rotatable bonds is 8. The fourth-order valence-electron chi connectivity index (χ4n) is 3.46. The second-order valence-electron chi connectivity index (χ2n) is 6.96. The molecule has 0 spiro atoms. The van der Waals surface area contributed by atoms with Crippen LogP contribution in [0.15, 0.2) is 54.1 Å². The minimum Gasteiger partial charge on any atom is -0.507 e. The van der Waals surface area contributed by atoms with Gasteiger partial charge in [-0.15, -0.1) is 0 Å². The van der Waals surface area contributed by atoms with Gasteiger partial charge in [-0.2, -0.15) is 0 Å². The SMILES string of the molecule is CCCOc1ccc(C(O)=C2C(=O)C(=O)N(CCCO)C2c2ccccc2F)cc1. The molecule has 1 fully saturated rings. The van der Waals surface area contributed by atoms with E-state index in [1.54, 1.807) is 30.3 Å². The fraction of sp³-hybridized carbons (Fsp3) is 0.304. The Morgan fingerprint density at radius 1 is 1.13 bits per heavy atom. The maximum Gasteiger partial charge on any atom is 0.295 e. The summed E-state index contributed by atoms with van der Waals surface area (Å²) in [6.07, 6.45) is 1.07. The van der Waals surface area contributed by atoms with Crippen molar-refractivity contribution in [1.29, 1.82) is 0 Å². The van der Waals surface area contributed by atoms with Gasteiger partial charge in [-0.1, -0.05) is 25.1 Å². The van der Waals surface area contributed by atoms with E-state index in [1.165, 1.54) is 23.1 Å². The lowest BCUT2D eigenvalue weighted by atomic mass is 9.95. The molecule has 1 saturated heterocycles. The van der Waals surface area contributed by atoms with Crippen molar-refractivity contribution in [3.63, 3.8) is 0 Å². The molecule has 1 amide bonds. The highest BCUT2D eigenvalue weighted by Crippen LogP contribution is 2.40. The first-order chi connectivity index (χ1) is 14.5. The van der Waals surface area contributed by atoms with E-state index in [-0.39, 0.29) is 36.5 Å². The number of nitrogens with zero attached hydrogens (tertiary/aromatic N) is 1. The number of Topliss-reactive ketones (excluding diaryl/α,β-unsaturated/α-hetero) is 1. The zero-order chi connectivity index (χ0) is 21.7. The molecule has 0 saturated carbocycles. The largest absolute Gasteiger partial charge is 0.507 e. The molecular formula is C23H24FNO5. The molecule has 0 radical (unpaired) electrons. The van der Waals surface area contributed by atoms with Crippen LogP contribution in [0.5, 0.6) is 5.75 Å². The molecule has 2 aromatic carbocycles. The molecule has 3 rings (SSSR count). The summed E-state index contributed by atoms with van der Waals surface area (Å²) in [6, 6.07) is 11.2. The molecule has 6 nitrogen and oxygen atoms in total. The molecule has 158 valence electrons.